The Morgan fingerprint density at radius 3 is 1.91 bits per heavy atom. The van der Waals surface area contributed by atoms with Crippen molar-refractivity contribution in [3.05, 3.63) is 94.5 Å². The number of rotatable bonds is 0. The zero-order valence-corrected chi connectivity index (χ0v) is 14.0. The van der Waals surface area contributed by atoms with Crippen LogP contribution in [0.15, 0.2) is 83.3 Å². The van der Waals surface area contributed by atoms with Crippen molar-refractivity contribution in [2.24, 2.45) is 0 Å². The Bertz CT molecular complexity index is 1080. The molecule has 0 aromatic heterocycles. The van der Waals surface area contributed by atoms with Crippen LogP contribution in [0.25, 0.3) is 21.5 Å². The summed E-state index contributed by atoms with van der Waals surface area (Å²) in [4.78, 5) is 0. The van der Waals surface area contributed by atoms with Gasteiger partial charge in [-0.2, -0.15) is 0 Å². The maximum absolute atomic E-state index is 3.63. The zero-order valence-electron chi connectivity index (χ0n) is 12.4. The Morgan fingerprint density at radius 2 is 1.17 bits per heavy atom. The molecule has 0 radical (unpaired) electrons. The molecule has 0 saturated heterocycles. The monoisotopic (exact) mass is 356 g/mol. The standard InChI is InChI=1S/C22H13Br/c23-22-15-20-8-4-3-7-19(20)14-21(22)12-10-16-9-11-17-5-1-2-6-18(17)13-16/h1-9,11,13-15H. The van der Waals surface area contributed by atoms with Gasteiger partial charge < -0.3 is 0 Å². The topological polar surface area (TPSA) is 0 Å². The molecule has 0 atom stereocenters. The van der Waals surface area contributed by atoms with Crippen LogP contribution in [0, 0.1) is 11.8 Å². The van der Waals surface area contributed by atoms with Gasteiger partial charge in [0.15, 0.2) is 0 Å². The third-order valence-corrected chi connectivity index (χ3v) is 4.58. The van der Waals surface area contributed by atoms with E-state index in [9.17, 15) is 0 Å². The first kappa shape index (κ1) is 14.1. The minimum atomic E-state index is 1.01. The molecule has 0 heterocycles. The van der Waals surface area contributed by atoms with Gasteiger partial charge >= 0.3 is 0 Å². The zero-order chi connectivity index (χ0) is 15.6. The number of hydrogen-bond acceptors (Lipinski definition) is 0. The minimum absolute atomic E-state index is 1.01. The third kappa shape index (κ3) is 2.86. The highest BCUT2D eigenvalue weighted by Gasteiger charge is 2.00. The molecule has 0 aliphatic rings. The average Bonchev–Trinajstić information content (AvgIpc) is 2.59. The SMILES string of the molecule is Brc1cc2ccccc2cc1C#Cc1ccc2ccccc2c1. The molecule has 4 aromatic rings. The van der Waals surface area contributed by atoms with Crippen LogP contribution >= 0.6 is 15.9 Å². The Hall–Kier alpha value is -2.56. The van der Waals surface area contributed by atoms with Gasteiger partial charge in [0, 0.05) is 15.6 Å². The second kappa shape index (κ2) is 5.91. The third-order valence-electron chi connectivity index (χ3n) is 3.93. The first-order valence-electron chi connectivity index (χ1n) is 7.49. The molecule has 0 unspecified atom stereocenters. The lowest BCUT2D eigenvalue weighted by Gasteiger charge is -2.01. The molecule has 1 heteroatoms. The van der Waals surface area contributed by atoms with Crippen LogP contribution in [0.1, 0.15) is 11.1 Å². The Morgan fingerprint density at radius 1 is 0.565 bits per heavy atom. The van der Waals surface area contributed by atoms with Crippen LogP contribution in [0.3, 0.4) is 0 Å². The van der Waals surface area contributed by atoms with Gasteiger partial charge in [-0.3, -0.25) is 0 Å². The molecule has 108 valence electrons. The molecular formula is C22H13Br. The van der Waals surface area contributed by atoms with E-state index in [0.29, 0.717) is 0 Å². The van der Waals surface area contributed by atoms with Gasteiger partial charge in [0.25, 0.3) is 0 Å². The summed E-state index contributed by atoms with van der Waals surface area (Å²) in [6.45, 7) is 0. The highest BCUT2D eigenvalue weighted by atomic mass is 79.9. The van der Waals surface area contributed by atoms with Crippen LogP contribution < -0.4 is 0 Å². The van der Waals surface area contributed by atoms with Gasteiger partial charge in [-0.1, -0.05) is 66.4 Å². The smallest absolute Gasteiger partial charge is 0.0397 e. The Kier molecular flexibility index (Phi) is 3.61. The quantitative estimate of drug-likeness (QED) is 0.331. The molecule has 0 amide bonds. The predicted molar refractivity (Wildman–Crippen MR) is 102 cm³/mol. The lowest BCUT2D eigenvalue weighted by molar-refractivity contribution is 1.63. The first-order valence-corrected chi connectivity index (χ1v) is 8.28. The van der Waals surface area contributed by atoms with Gasteiger partial charge in [-0.25, -0.2) is 0 Å². The molecule has 0 nitrogen and oxygen atoms in total. The Balaban J connectivity index is 1.77. The molecule has 4 rings (SSSR count). The summed E-state index contributed by atoms with van der Waals surface area (Å²) in [5.41, 5.74) is 2.04. The van der Waals surface area contributed by atoms with Crippen molar-refractivity contribution < 1.29 is 0 Å². The van der Waals surface area contributed by atoms with E-state index in [0.717, 1.165) is 15.6 Å². The van der Waals surface area contributed by atoms with Gasteiger partial charge in [0.05, 0.1) is 0 Å². The molecular weight excluding hydrogens is 344 g/mol. The van der Waals surface area contributed by atoms with Crippen molar-refractivity contribution in [2.75, 3.05) is 0 Å². The summed E-state index contributed by atoms with van der Waals surface area (Å²) < 4.78 is 1.03. The maximum atomic E-state index is 3.63. The maximum Gasteiger partial charge on any atom is 0.0397 e. The molecule has 0 N–H and O–H groups in total. The molecule has 0 bridgehead atoms. The molecule has 0 fully saturated rings. The number of benzene rings is 4. The summed E-state index contributed by atoms with van der Waals surface area (Å²) in [5, 5.41) is 4.89. The first-order chi connectivity index (χ1) is 11.3. The van der Waals surface area contributed by atoms with E-state index in [1.165, 1.54) is 21.5 Å². The lowest BCUT2D eigenvalue weighted by atomic mass is 10.1. The molecule has 0 aliphatic carbocycles. The van der Waals surface area contributed by atoms with Crippen LogP contribution in [-0.2, 0) is 0 Å². The van der Waals surface area contributed by atoms with Gasteiger partial charge in [-0.05, 0) is 61.7 Å². The van der Waals surface area contributed by atoms with E-state index in [4.69, 9.17) is 0 Å². The van der Waals surface area contributed by atoms with E-state index >= 15 is 0 Å². The summed E-state index contributed by atoms with van der Waals surface area (Å²) in [6, 6.07) is 27.3. The van der Waals surface area contributed by atoms with E-state index in [1.54, 1.807) is 0 Å². The number of halogens is 1. The molecule has 23 heavy (non-hydrogen) atoms. The predicted octanol–water partition coefficient (Wildman–Crippen LogP) is 6.16. The largest absolute Gasteiger partial charge is 0.0616 e. The van der Waals surface area contributed by atoms with Gasteiger partial charge in [-0.15, -0.1) is 0 Å². The summed E-state index contributed by atoms with van der Waals surface area (Å²) >= 11 is 3.63. The van der Waals surface area contributed by atoms with Crippen LogP contribution in [0.2, 0.25) is 0 Å². The van der Waals surface area contributed by atoms with Crippen molar-refractivity contribution in [1.29, 1.82) is 0 Å². The average molecular weight is 357 g/mol. The van der Waals surface area contributed by atoms with Crippen LogP contribution in [0.5, 0.6) is 0 Å². The normalized spacial score (nSPS) is 10.5. The lowest BCUT2D eigenvalue weighted by Crippen LogP contribution is -1.81. The second-order valence-corrected chi connectivity index (χ2v) is 6.35. The Labute approximate surface area is 143 Å². The molecule has 0 aliphatic heterocycles. The summed E-state index contributed by atoms with van der Waals surface area (Å²) in [5.74, 6) is 6.57. The van der Waals surface area contributed by atoms with E-state index in [-0.39, 0.29) is 0 Å². The number of fused-ring (bicyclic) bond motifs is 2. The molecule has 0 saturated carbocycles. The van der Waals surface area contributed by atoms with E-state index in [1.807, 2.05) is 0 Å². The van der Waals surface area contributed by atoms with Crippen molar-refractivity contribution >= 4 is 37.5 Å². The minimum Gasteiger partial charge on any atom is -0.0616 e. The fraction of sp³-hybridized carbons (Fsp3) is 0. The van der Waals surface area contributed by atoms with Crippen molar-refractivity contribution in [3.63, 3.8) is 0 Å². The van der Waals surface area contributed by atoms with Crippen LogP contribution in [0.4, 0.5) is 0 Å². The number of hydrogen-bond donors (Lipinski definition) is 0. The molecule has 0 spiro atoms. The summed E-state index contributed by atoms with van der Waals surface area (Å²) in [6.07, 6.45) is 0. The highest BCUT2D eigenvalue weighted by molar-refractivity contribution is 9.10. The fourth-order valence-electron chi connectivity index (χ4n) is 2.71. The van der Waals surface area contributed by atoms with Gasteiger partial charge in [0.1, 0.15) is 0 Å². The fourth-order valence-corrected chi connectivity index (χ4v) is 3.18. The van der Waals surface area contributed by atoms with Crippen molar-refractivity contribution in [1.82, 2.24) is 0 Å². The van der Waals surface area contributed by atoms with E-state index in [2.05, 4.69) is 107 Å². The van der Waals surface area contributed by atoms with Crippen molar-refractivity contribution in [2.45, 2.75) is 0 Å². The molecule has 4 aromatic carbocycles. The van der Waals surface area contributed by atoms with Gasteiger partial charge in [0.2, 0.25) is 0 Å². The highest BCUT2D eigenvalue weighted by Crippen LogP contribution is 2.24. The van der Waals surface area contributed by atoms with Crippen molar-refractivity contribution in [3.8, 4) is 11.8 Å². The summed E-state index contributed by atoms with van der Waals surface area (Å²) in [7, 11) is 0. The van der Waals surface area contributed by atoms with E-state index < -0.39 is 0 Å². The van der Waals surface area contributed by atoms with Crippen LogP contribution in [-0.4, -0.2) is 0 Å². The second-order valence-electron chi connectivity index (χ2n) is 5.49.